The zero-order valence-electron chi connectivity index (χ0n) is 18.2. The summed E-state index contributed by atoms with van der Waals surface area (Å²) in [4.78, 5) is 18.9. The zero-order valence-corrected chi connectivity index (χ0v) is 18.2. The lowest BCUT2D eigenvalue weighted by Crippen LogP contribution is -2.45. The van der Waals surface area contributed by atoms with Gasteiger partial charge in [-0.2, -0.15) is 0 Å². The maximum absolute atomic E-state index is 12.7. The van der Waals surface area contributed by atoms with Crippen LogP contribution in [0.5, 0.6) is 11.6 Å². The van der Waals surface area contributed by atoms with Gasteiger partial charge in [0, 0.05) is 37.3 Å². The van der Waals surface area contributed by atoms with Crippen molar-refractivity contribution in [3.05, 3.63) is 90.1 Å². The quantitative estimate of drug-likeness (QED) is 0.573. The van der Waals surface area contributed by atoms with Gasteiger partial charge >= 0.3 is 6.03 Å². The summed E-state index contributed by atoms with van der Waals surface area (Å²) in [7, 11) is 0. The number of nitrogens with one attached hydrogen (secondary N) is 1. The van der Waals surface area contributed by atoms with Crippen LogP contribution < -0.4 is 10.1 Å². The number of nitrogens with zero attached hydrogens (tertiary/aromatic N) is 2. The molecule has 1 aliphatic carbocycles. The van der Waals surface area contributed by atoms with Crippen molar-refractivity contribution in [2.75, 3.05) is 13.1 Å². The molecule has 1 N–H and O–H groups in total. The van der Waals surface area contributed by atoms with Crippen LogP contribution in [0.3, 0.4) is 0 Å². The fraction of sp³-hybridized carbons (Fsp3) is 0.333. The van der Waals surface area contributed by atoms with E-state index in [0.29, 0.717) is 17.7 Å². The van der Waals surface area contributed by atoms with Gasteiger partial charge in [-0.05, 0) is 60.9 Å². The summed E-state index contributed by atoms with van der Waals surface area (Å²) in [5.41, 5.74) is 2.59. The van der Waals surface area contributed by atoms with Crippen molar-refractivity contribution in [2.24, 2.45) is 5.92 Å². The molecule has 0 bridgehead atoms. The number of ether oxygens (including phenoxy) is 1. The molecule has 1 aliphatic heterocycles. The molecule has 1 saturated carbocycles. The number of amides is 2. The molecule has 5 heteroatoms. The highest BCUT2D eigenvalue weighted by Crippen LogP contribution is 2.40. The van der Waals surface area contributed by atoms with E-state index in [1.54, 1.807) is 6.20 Å². The summed E-state index contributed by atoms with van der Waals surface area (Å²) in [5, 5.41) is 3.23. The number of urea groups is 1. The maximum atomic E-state index is 12.7. The van der Waals surface area contributed by atoms with E-state index in [4.69, 9.17) is 4.74 Å². The second-order valence-corrected chi connectivity index (χ2v) is 8.86. The van der Waals surface area contributed by atoms with Gasteiger partial charge in [0.2, 0.25) is 5.88 Å². The van der Waals surface area contributed by atoms with Crippen LogP contribution in [0.15, 0.2) is 79.0 Å². The van der Waals surface area contributed by atoms with Crippen molar-refractivity contribution < 1.29 is 9.53 Å². The molecule has 2 amide bonds. The average molecular weight is 428 g/mol. The van der Waals surface area contributed by atoms with E-state index in [-0.39, 0.29) is 12.1 Å². The Balaban J connectivity index is 1.08. The SMILES string of the molecule is O=C(NC1CC1c1ccccc1)N1CCC(Cc2cccc(Oc3ccccn3)c2)CC1. The van der Waals surface area contributed by atoms with Crippen LogP contribution in [0.25, 0.3) is 0 Å². The monoisotopic (exact) mass is 427 g/mol. The smallest absolute Gasteiger partial charge is 0.317 e. The van der Waals surface area contributed by atoms with Crippen molar-refractivity contribution in [2.45, 2.75) is 37.6 Å². The first-order valence-corrected chi connectivity index (χ1v) is 11.5. The van der Waals surface area contributed by atoms with Gasteiger partial charge in [0.05, 0.1) is 0 Å². The first kappa shape index (κ1) is 20.6. The van der Waals surface area contributed by atoms with E-state index in [2.05, 4.69) is 46.7 Å². The lowest BCUT2D eigenvalue weighted by molar-refractivity contribution is 0.170. The molecule has 1 saturated heterocycles. The van der Waals surface area contributed by atoms with Gasteiger partial charge < -0.3 is 15.0 Å². The Kier molecular flexibility index (Phi) is 6.06. The summed E-state index contributed by atoms with van der Waals surface area (Å²) in [6, 6.07) is 24.8. The third-order valence-corrected chi connectivity index (χ3v) is 6.51. The van der Waals surface area contributed by atoms with Gasteiger partial charge in [0.15, 0.2) is 0 Å². The zero-order chi connectivity index (χ0) is 21.8. The van der Waals surface area contributed by atoms with Crippen LogP contribution >= 0.6 is 0 Å². The third-order valence-electron chi connectivity index (χ3n) is 6.51. The molecule has 1 aromatic heterocycles. The fourth-order valence-electron chi connectivity index (χ4n) is 4.61. The molecule has 5 nitrogen and oxygen atoms in total. The Morgan fingerprint density at radius 1 is 1.00 bits per heavy atom. The van der Waals surface area contributed by atoms with Crippen LogP contribution in [-0.2, 0) is 6.42 Å². The molecule has 32 heavy (non-hydrogen) atoms. The third kappa shape index (κ3) is 5.10. The van der Waals surface area contributed by atoms with Crippen molar-refractivity contribution in [3.8, 4) is 11.6 Å². The number of pyridine rings is 1. The van der Waals surface area contributed by atoms with Gasteiger partial charge in [-0.25, -0.2) is 9.78 Å². The molecule has 3 aromatic rings. The minimum atomic E-state index is 0.0950. The van der Waals surface area contributed by atoms with Crippen LogP contribution in [0.2, 0.25) is 0 Å². The molecule has 164 valence electrons. The molecule has 2 fully saturated rings. The van der Waals surface area contributed by atoms with Crippen molar-refractivity contribution in [1.82, 2.24) is 15.2 Å². The second kappa shape index (κ2) is 9.43. The molecule has 2 heterocycles. The average Bonchev–Trinajstić information content (AvgIpc) is 3.60. The Labute approximate surface area is 189 Å². The number of carbonyl (C=O) groups is 1. The minimum Gasteiger partial charge on any atom is -0.439 e. The van der Waals surface area contributed by atoms with E-state index in [1.165, 1.54) is 11.1 Å². The molecule has 2 aliphatic rings. The van der Waals surface area contributed by atoms with Crippen LogP contribution in [-0.4, -0.2) is 35.0 Å². The first-order chi connectivity index (χ1) is 15.7. The standard InChI is InChI=1S/C27H29N3O2/c31-27(29-25-19-24(25)22-8-2-1-3-9-22)30-15-12-20(13-16-30)17-21-7-6-10-23(18-21)32-26-11-4-5-14-28-26/h1-11,14,18,20,24-25H,12-13,15-17,19H2,(H,29,31). The van der Waals surface area contributed by atoms with Gasteiger partial charge in [0.25, 0.3) is 0 Å². The summed E-state index contributed by atoms with van der Waals surface area (Å²) in [6.07, 6.45) is 5.85. The number of benzene rings is 2. The van der Waals surface area contributed by atoms with Crippen molar-refractivity contribution in [3.63, 3.8) is 0 Å². The van der Waals surface area contributed by atoms with Gasteiger partial charge in [-0.3, -0.25) is 0 Å². The first-order valence-electron chi connectivity index (χ1n) is 11.5. The summed E-state index contributed by atoms with van der Waals surface area (Å²) < 4.78 is 5.87. The Morgan fingerprint density at radius 2 is 1.81 bits per heavy atom. The topological polar surface area (TPSA) is 54.5 Å². The van der Waals surface area contributed by atoms with Crippen LogP contribution in [0, 0.1) is 5.92 Å². The fourth-order valence-corrected chi connectivity index (χ4v) is 4.61. The number of carbonyl (C=O) groups excluding carboxylic acids is 1. The molecular formula is C27H29N3O2. The number of aromatic nitrogens is 1. The molecular weight excluding hydrogens is 398 g/mol. The van der Waals surface area contributed by atoms with E-state index in [0.717, 1.165) is 44.5 Å². The van der Waals surface area contributed by atoms with E-state index < -0.39 is 0 Å². The maximum Gasteiger partial charge on any atom is 0.317 e. The van der Waals surface area contributed by atoms with E-state index >= 15 is 0 Å². The highest BCUT2D eigenvalue weighted by atomic mass is 16.5. The molecule has 2 aromatic carbocycles. The number of hydrogen-bond acceptors (Lipinski definition) is 3. The lowest BCUT2D eigenvalue weighted by atomic mass is 9.90. The van der Waals surface area contributed by atoms with Gasteiger partial charge in [0.1, 0.15) is 5.75 Å². The molecule has 2 unspecified atom stereocenters. The van der Waals surface area contributed by atoms with E-state index in [1.807, 2.05) is 41.3 Å². The largest absolute Gasteiger partial charge is 0.439 e. The summed E-state index contributed by atoms with van der Waals surface area (Å²) >= 11 is 0. The molecule has 0 radical (unpaired) electrons. The van der Waals surface area contributed by atoms with Crippen molar-refractivity contribution >= 4 is 6.03 Å². The number of hydrogen-bond donors (Lipinski definition) is 1. The number of piperidine rings is 1. The Morgan fingerprint density at radius 3 is 2.59 bits per heavy atom. The van der Waals surface area contributed by atoms with E-state index in [9.17, 15) is 4.79 Å². The lowest BCUT2D eigenvalue weighted by Gasteiger charge is -2.32. The Bertz CT molecular complexity index is 1030. The van der Waals surface area contributed by atoms with Crippen LogP contribution in [0.4, 0.5) is 4.79 Å². The highest BCUT2D eigenvalue weighted by Gasteiger charge is 2.40. The van der Waals surface area contributed by atoms with Crippen molar-refractivity contribution in [1.29, 1.82) is 0 Å². The molecule has 2 atom stereocenters. The number of likely N-dealkylation sites (tertiary alicyclic amines) is 1. The molecule has 0 spiro atoms. The summed E-state index contributed by atoms with van der Waals surface area (Å²) in [6.45, 7) is 1.65. The van der Waals surface area contributed by atoms with Gasteiger partial charge in [-0.1, -0.05) is 48.5 Å². The summed E-state index contributed by atoms with van der Waals surface area (Å²) in [5.74, 6) is 2.48. The predicted octanol–water partition coefficient (Wildman–Crippen LogP) is 5.39. The second-order valence-electron chi connectivity index (χ2n) is 8.86. The van der Waals surface area contributed by atoms with Gasteiger partial charge in [-0.15, -0.1) is 0 Å². The predicted molar refractivity (Wildman–Crippen MR) is 125 cm³/mol. The van der Waals surface area contributed by atoms with Crippen LogP contribution in [0.1, 0.15) is 36.3 Å². The number of rotatable bonds is 6. The minimum absolute atomic E-state index is 0.0950. The Hall–Kier alpha value is -3.34. The highest BCUT2D eigenvalue weighted by molar-refractivity contribution is 5.75. The normalized spacial score (nSPS) is 20.6. The molecule has 5 rings (SSSR count).